The second-order valence-electron chi connectivity index (χ2n) is 10.4. The maximum Gasteiger partial charge on any atom is 0.0477 e. The lowest BCUT2D eigenvalue weighted by Gasteiger charge is -2.19. The third-order valence-electron chi connectivity index (χ3n) is 5.42. The third-order valence-corrected chi connectivity index (χ3v) is 8.80. The summed E-state index contributed by atoms with van der Waals surface area (Å²) in [6, 6.07) is 4.94. The first-order valence-corrected chi connectivity index (χ1v) is 14.1. The van der Waals surface area contributed by atoms with Crippen LogP contribution in [0, 0.1) is 0 Å². The van der Waals surface area contributed by atoms with Gasteiger partial charge in [-0.15, -0.1) is 22.7 Å². The second kappa shape index (κ2) is 13.2. The van der Waals surface area contributed by atoms with E-state index in [-0.39, 0.29) is 10.8 Å². The highest BCUT2D eigenvalue weighted by molar-refractivity contribution is 7.22. The fourth-order valence-corrected chi connectivity index (χ4v) is 6.40. The number of unbranched alkanes of at least 4 members (excludes halogenated alkanes) is 4. The Kier molecular flexibility index (Phi) is 12.1. The smallest absolute Gasteiger partial charge is 0.0477 e. The van der Waals surface area contributed by atoms with Gasteiger partial charge in [0.25, 0.3) is 0 Å². The van der Waals surface area contributed by atoms with Crippen molar-refractivity contribution in [3.05, 3.63) is 33.0 Å². The summed E-state index contributed by atoms with van der Waals surface area (Å²) in [6.07, 6.45) is 9.50. The van der Waals surface area contributed by atoms with Gasteiger partial charge >= 0.3 is 0 Å². The Morgan fingerprint density at radius 3 is 1.90 bits per heavy atom. The lowest BCUT2D eigenvalue weighted by Crippen LogP contribution is -2.11. The van der Waals surface area contributed by atoms with Crippen molar-refractivity contribution >= 4 is 22.7 Å². The first-order valence-electron chi connectivity index (χ1n) is 12.5. The van der Waals surface area contributed by atoms with Crippen LogP contribution in [-0.4, -0.2) is 11.7 Å². The Morgan fingerprint density at radius 2 is 1.35 bits per heavy atom. The van der Waals surface area contributed by atoms with Gasteiger partial charge in [0, 0.05) is 26.1 Å². The molecule has 0 spiro atoms. The van der Waals surface area contributed by atoms with E-state index in [0.29, 0.717) is 6.61 Å². The van der Waals surface area contributed by atoms with Crippen LogP contribution in [-0.2, 0) is 23.7 Å². The standard InChI is InChI=1S/C26H42OS2.C2H6/c1-8-9-10-11-15-20-17-21(28-24(20)26(5,6)7)23-19(14-12-13-16-27)18-22(29-23)25(2,3)4;1-2/h17-18,27H,8-16H2,1-7H3;1-2H3. The molecule has 0 saturated carbocycles. The molecule has 0 atom stereocenters. The van der Waals surface area contributed by atoms with E-state index in [1.807, 2.05) is 36.5 Å². The summed E-state index contributed by atoms with van der Waals surface area (Å²) in [4.78, 5) is 5.97. The van der Waals surface area contributed by atoms with Crippen molar-refractivity contribution in [1.29, 1.82) is 0 Å². The number of aliphatic hydroxyl groups excluding tert-OH is 1. The van der Waals surface area contributed by atoms with E-state index < -0.39 is 0 Å². The molecule has 0 fully saturated rings. The maximum absolute atomic E-state index is 9.22. The normalized spacial score (nSPS) is 12.1. The molecule has 0 unspecified atom stereocenters. The predicted octanol–water partition coefficient (Wildman–Crippen LogP) is 9.54. The number of thiophene rings is 2. The SMILES string of the molecule is CC.CCCCCCc1cc(-c2sc(C(C)(C)C)cc2CCCCO)sc1C(C)(C)C. The highest BCUT2D eigenvalue weighted by Gasteiger charge is 2.25. The van der Waals surface area contributed by atoms with Gasteiger partial charge in [-0.05, 0) is 66.2 Å². The molecular formula is C28H48OS2. The third kappa shape index (κ3) is 8.67. The monoisotopic (exact) mass is 464 g/mol. The van der Waals surface area contributed by atoms with Crippen LogP contribution in [0.1, 0.15) is 122 Å². The van der Waals surface area contributed by atoms with Crippen molar-refractivity contribution in [3.63, 3.8) is 0 Å². The fourth-order valence-electron chi connectivity index (χ4n) is 3.72. The Hall–Kier alpha value is -0.640. The quantitative estimate of drug-likeness (QED) is 0.347. The minimum Gasteiger partial charge on any atom is -0.396 e. The Labute approximate surface area is 201 Å². The van der Waals surface area contributed by atoms with Gasteiger partial charge in [0.05, 0.1) is 0 Å². The van der Waals surface area contributed by atoms with Crippen LogP contribution in [0.15, 0.2) is 12.1 Å². The first-order chi connectivity index (χ1) is 14.6. The molecule has 1 nitrogen and oxygen atoms in total. The average Bonchev–Trinajstić information content (AvgIpc) is 3.31. The van der Waals surface area contributed by atoms with E-state index in [2.05, 4.69) is 60.6 Å². The summed E-state index contributed by atoms with van der Waals surface area (Å²) in [5.41, 5.74) is 3.43. The van der Waals surface area contributed by atoms with Crippen LogP contribution >= 0.6 is 22.7 Å². The zero-order valence-corrected chi connectivity index (χ0v) is 23.4. The lowest BCUT2D eigenvalue weighted by molar-refractivity contribution is 0.284. The zero-order chi connectivity index (χ0) is 23.7. The number of hydrogen-bond donors (Lipinski definition) is 1. The zero-order valence-electron chi connectivity index (χ0n) is 21.8. The Bertz CT molecular complexity index is 753. The molecule has 2 heterocycles. The van der Waals surface area contributed by atoms with E-state index >= 15 is 0 Å². The van der Waals surface area contributed by atoms with E-state index in [1.165, 1.54) is 52.3 Å². The van der Waals surface area contributed by atoms with Crippen molar-refractivity contribution in [2.24, 2.45) is 0 Å². The largest absolute Gasteiger partial charge is 0.396 e. The highest BCUT2D eigenvalue weighted by Crippen LogP contribution is 2.45. The molecule has 2 rings (SSSR count). The van der Waals surface area contributed by atoms with Crippen LogP contribution in [0.25, 0.3) is 9.75 Å². The average molecular weight is 465 g/mol. The van der Waals surface area contributed by atoms with Crippen molar-refractivity contribution in [2.45, 2.75) is 125 Å². The molecule has 0 radical (unpaired) electrons. The predicted molar refractivity (Wildman–Crippen MR) is 144 cm³/mol. The van der Waals surface area contributed by atoms with Crippen LogP contribution in [0.4, 0.5) is 0 Å². The maximum atomic E-state index is 9.22. The minimum absolute atomic E-state index is 0.182. The van der Waals surface area contributed by atoms with Gasteiger partial charge in [0.1, 0.15) is 0 Å². The summed E-state index contributed by atoms with van der Waals surface area (Å²) in [5.74, 6) is 0. The molecule has 0 amide bonds. The van der Waals surface area contributed by atoms with Gasteiger partial charge in [-0.3, -0.25) is 0 Å². The molecule has 0 aliphatic heterocycles. The summed E-state index contributed by atoms with van der Waals surface area (Å²) < 4.78 is 0. The van der Waals surface area contributed by atoms with Gasteiger partial charge < -0.3 is 5.11 Å². The van der Waals surface area contributed by atoms with Crippen molar-refractivity contribution in [1.82, 2.24) is 0 Å². The van der Waals surface area contributed by atoms with Crippen LogP contribution in [0.5, 0.6) is 0 Å². The highest BCUT2D eigenvalue weighted by atomic mass is 32.1. The van der Waals surface area contributed by atoms with Gasteiger partial charge in [0.2, 0.25) is 0 Å². The molecule has 0 aromatic carbocycles. The molecule has 0 aliphatic carbocycles. The number of hydrogen-bond acceptors (Lipinski definition) is 3. The first kappa shape index (κ1) is 28.4. The van der Waals surface area contributed by atoms with E-state index in [1.54, 1.807) is 10.4 Å². The van der Waals surface area contributed by atoms with Crippen molar-refractivity contribution < 1.29 is 5.11 Å². The van der Waals surface area contributed by atoms with E-state index in [4.69, 9.17) is 0 Å². The lowest BCUT2D eigenvalue weighted by atomic mass is 9.90. The fraction of sp³-hybridized carbons (Fsp3) is 0.714. The summed E-state index contributed by atoms with van der Waals surface area (Å²) in [5, 5.41) is 9.22. The topological polar surface area (TPSA) is 20.2 Å². The molecule has 2 aromatic rings. The summed E-state index contributed by atoms with van der Waals surface area (Å²) >= 11 is 4.01. The van der Waals surface area contributed by atoms with Gasteiger partial charge in [-0.2, -0.15) is 0 Å². The van der Waals surface area contributed by atoms with Crippen LogP contribution in [0.3, 0.4) is 0 Å². The summed E-state index contributed by atoms with van der Waals surface area (Å²) in [6.45, 7) is 20.6. The van der Waals surface area contributed by atoms with Gasteiger partial charge in [-0.1, -0.05) is 81.6 Å². The number of aliphatic hydroxyl groups is 1. The Morgan fingerprint density at radius 1 is 0.742 bits per heavy atom. The molecule has 0 saturated heterocycles. The molecule has 3 heteroatoms. The number of rotatable bonds is 10. The van der Waals surface area contributed by atoms with Crippen molar-refractivity contribution in [2.75, 3.05) is 6.61 Å². The molecule has 0 aliphatic rings. The molecule has 31 heavy (non-hydrogen) atoms. The van der Waals surface area contributed by atoms with Crippen LogP contribution in [0.2, 0.25) is 0 Å². The molecule has 2 aromatic heterocycles. The molecule has 1 N–H and O–H groups in total. The second-order valence-corrected chi connectivity index (χ2v) is 12.5. The van der Waals surface area contributed by atoms with E-state index in [9.17, 15) is 5.11 Å². The minimum atomic E-state index is 0.182. The van der Waals surface area contributed by atoms with Gasteiger partial charge in [0.15, 0.2) is 0 Å². The molecule has 178 valence electrons. The van der Waals surface area contributed by atoms with Gasteiger partial charge in [-0.25, -0.2) is 0 Å². The van der Waals surface area contributed by atoms with E-state index in [0.717, 1.165) is 19.3 Å². The molecular weight excluding hydrogens is 416 g/mol. The van der Waals surface area contributed by atoms with Crippen molar-refractivity contribution in [3.8, 4) is 9.75 Å². The van der Waals surface area contributed by atoms with Crippen LogP contribution < -0.4 is 0 Å². The summed E-state index contributed by atoms with van der Waals surface area (Å²) in [7, 11) is 0. The number of aryl methyl sites for hydroxylation is 2. The molecule has 0 bridgehead atoms. The Balaban J connectivity index is 0.00000233.